The predicted octanol–water partition coefficient (Wildman–Crippen LogP) is 9.00. The fourth-order valence-electron chi connectivity index (χ4n) is 7.63. The largest absolute Gasteiger partial charge is 0.462 e. The molecule has 2 unspecified atom stereocenters. The van der Waals surface area contributed by atoms with Crippen LogP contribution in [0.3, 0.4) is 0 Å². The molecule has 0 aromatic heterocycles. The van der Waals surface area contributed by atoms with Crippen LogP contribution in [0.1, 0.15) is 36.8 Å². The van der Waals surface area contributed by atoms with E-state index in [1.807, 2.05) is 60.7 Å². The van der Waals surface area contributed by atoms with Crippen molar-refractivity contribution < 1.29 is 28.5 Å². The second kappa shape index (κ2) is 20.1. The van der Waals surface area contributed by atoms with E-state index in [-0.39, 0.29) is 11.5 Å². The van der Waals surface area contributed by atoms with E-state index in [1.54, 1.807) is 24.3 Å². The maximum Gasteiger partial charge on any atom is 0.252 e. The molecule has 2 saturated heterocycles. The zero-order valence-corrected chi connectivity index (χ0v) is 37.0. The third-order valence-corrected chi connectivity index (χ3v) is 11.6. The first kappa shape index (κ1) is 44.5. The maximum atomic E-state index is 14.2. The van der Waals surface area contributed by atoms with Crippen molar-refractivity contribution in [1.82, 2.24) is 20.4 Å². The number of para-hydroxylation sites is 2. The number of carbonyl (C=O) groups is 2. The summed E-state index contributed by atoms with van der Waals surface area (Å²) in [6, 6.07) is 26.3. The molecule has 4 aliphatic rings. The summed E-state index contributed by atoms with van der Waals surface area (Å²) < 4.78 is 19.4. The van der Waals surface area contributed by atoms with Gasteiger partial charge in [0.1, 0.15) is 0 Å². The molecule has 0 saturated carbocycles. The molecule has 318 valence electrons. The van der Waals surface area contributed by atoms with Crippen LogP contribution >= 0.6 is 69.6 Å². The van der Waals surface area contributed by atoms with Gasteiger partial charge in [-0.1, -0.05) is 142 Å². The van der Waals surface area contributed by atoms with Crippen LogP contribution in [-0.2, 0) is 19.1 Å². The SMILES string of the molecule is O=C(NC(Oc1ccccc1OC(NC(=O)C1=C(N2CCOCC2)/C(=C\c2ccccc2)CC1)C(Cl)(Cl)Cl)C(Cl)(Cl)Cl)C1=C(N2CCOCC2)/C(=C\c2ccccc2)CC1. The molecule has 3 aromatic carbocycles. The Morgan fingerprint density at radius 1 is 0.550 bits per heavy atom. The van der Waals surface area contributed by atoms with Crippen LogP contribution in [0.4, 0.5) is 0 Å². The molecule has 2 heterocycles. The summed E-state index contributed by atoms with van der Waals surface area (Å²) >= 11 is 38.9. The lowest BCUT2D eigenvalue weighted by molar-refractivity contribution is -0.121. The summed E-state index contributed by atoms with van der Waals surface area (Å²) in [5.74, 6) is -0.835. The number of nitrogens with one attached hydrogen (secondary N) is 2. The first-order chi connectivity index (χ1) is 28.8. The minimum Gasteiger partial charge on any atom is -0.462 e. The number of rotatable bonds is 12. The number of benzene rings is 3. The molecule has 2 atom stereocenters. The third kappa shape index (κ3) is 11.3. The lowest BCUT2D eigenvalue weighted by Gasteiger charge is -2.33. The lowest BCUT2D eigenvalue weighted by atomic mass is 10.1. The van der Waals surface area contributed by atoms with Gasteiger partial charge in [0.15, 0.2) is 11.5 Å². The molecule has 10 nitrogen and oxygen atoms in total. The zero-order valence-electron chi connectivity index (χ0n) is 32.5. The summed E-state index contributed by atoms with van der Waals surface area (Å²) in [5, 5.41) is 5.62. The highest BCUT2D eigenvalue weighted by atomic mass is 35.6. The number of ether oxygens (including phenoxy) is 4. The van der Waals surface area contributed by atoms with E-state index < -0.39 is 31.9 Å². The van der Waals surface area contributed by atoms with Crippen LogP contribution in [0.15, 0.2) is 119 Å². The van der Waals surface area contributed by atoms with Crippen molar-refractivity contribution in [3.63, 3.8) is 0 Å². The normalized spacial score (nSPS) is 20.1. The van der Waals surface area contributed by atoms with E-state index in [9.17, 15) is 9.59 Å². The van der Waals surface area contributed by atoms with Crippen molar-refractivity contribution in [3.8, 4) is 11.5 Å². The number of hydrogen-bond donors (Lipinski definition) is 2. The van der Waals surface area contributed by atoms with Crippen LogP contribution in [0.25, 0.3) is 12.2 Å². The van der Waals surface area contributed by atoms with Gasteiger partial charge in [0, 0.05) is 48.7 Å². The summed E-state index contributed by atoms with van der Waals surface area (Å²) in [7, 11) is 0. The van der Waals surface area contributed by atoms with Gasteiger partial charge in [-0.2, -0.15) is 0 Å². The number of alkyl halides is 6. The zero-order chi connectivity index (χ0) is 42.3. The van der Waals surface area contributed by atoms with Crippen molar-refractivity contribution in [2.75, 3.05) is 52.6 Å². The number of nitrogens with zero attached hydrogens (tertiary/aromatic N) is 2. The average molecular weight is 938 g/mol. The Morgan fingerprint density at radius 2 is 0.900 bits per heavy atom. The summed E-state index contributed by atoms with van der Waals surface area (Å²) in [5.41, 5.74) is 6.79. The van der Waals surface area contributed by atoms with Crippen LogP contribution < -0.4 is 20.1 Å². The Morgan fingerprint density at radius 3 is 1.25 bits per heavy atom. The first-order valence-electron chi connectivity index (χ1n) is 19.7. The van der Waals surface area contributed by atoms with Crippen molar-refractivity contribution in [2.45, 2.75) is 45.7 Å². The van der Waals surface area contributed by atoms with Gasteiger partial charge in [0.05, 0.1) is 26.4 Å². The van der Waals surface area contributed by atoms with E-state index in [0.29, 0.717) is 89.4 Å². The van der Waals surface area contributed by atoms with E-state index >= 15 is 0 Å². The standard InChI is InChI=1S/C44H44Cl6N4O6/c45-43(46,47)41(51-39(55)33-17-15-31(27-29-9-3-1-4-10-29)37(33)53-19-23-57-24-20-53)59-35-13-7-8-14-36(35)60-42(44(48,49)50)52-40(56)34-18-16-32(28-30-11-5-2-6-12-30)38(34)54-21-25-58-26-22-54/h1-14,27-28,41-42H,15-26H2,(H,51,55)(H,52,56)/b31-27-,32-28-. The third-order valence-electron chi connectivity index (χ3n) is 10.4. The monoisotopic (exact) mass is 934 g/mol. The molecule has 2 aliphatic carbocycles. The van der Waals surface area contributed by atoms with Gasteiger partial charge >= 0.3 is 0 Å². The van der Waals surface area contributed by atoms with Gasteiger partial charge in [0.2, 0.25) is 20.0 Å². The highest BCUT2D eigenvalue weighted by Crippen LogP contribution is 2.41. The van der Waals surface area contributed by atoms with Crippen molar-refractivity contribution in [2.24, 2.45) is 0 Å². The second-order valence-electron chi connectivity index (χ2n) is 14.5. The maximum absolute atomic E-state index is 14.2. The molecule has 3 aromatic rings. The number of allylic oxidation sites excluding steroid dienone is 2. The minimum atomic E-state index is -2.15. The van der Waals surface area contributed by atoms with Crippen LogP contribution in [0.5, 0.6) is 11.5 Å². The predicted molar refractivity (Wildman–Crippen MR) is 238 cm³/mol. The Hall–Kier alpha value is -3.58. The Labute approximate surface area is 379 Å². The average Bonchev–Trinajstić information content (AvgIpc) is 3.86. The molecule has 2 fully saturated rings. The minimum absolute atomic E-state index is 0.0447. The van der Waals surface area contributed by atoms with E-state index in [1.165, 1.54) is 0 Å². The van der Waals surface area contributed by atoms with Gasteiger partial charge in [0.25, 0.3) is 11.8 Å². The number of amides is 2. The molecule has 60 heavy (non-hydrogen) atoms. The first-order valence-corrected chi connectivity index (χ1v) is 21.9. The Balaban J connectivity index is 1.13. The van der Waals surface area contributed by atoms with E-state index in [4.69, 9.17) is 88.6 Å². The van der Waals surface area contributed by atoms with Crippen molar-refractivity contribution in [1.29, 1.82) is 0 Å². The molecule has 7 rings (SSSR count). The molecular formula is C44H44Cl6N4O6. The molecule has 0 radical (unpaired) electrons. The highest BCUT2D eigenvalue weighted by molar-refractivity contribution is 6.68. The van der Waals surface area contributed by atoms with Crippen molar-refractivity contribution in [3.05, 3.63) is 130 Å². The second-order valence-corrected chi connectivity index (χ2v) is 19.2. The van der Waals surface area contributed by atoms with Crippen LogP contribution in [0, 0.1) is 0 Å². The number of morpholine rings is 2. The fraction of sp³-hybridized carbons (Fsp3) is 0.364. The molecule has 2 N–H and O–H groups in total. The van der Waals surface area contributed by atoms with Gasteiger partial charge in [-0.15, -0.1) is 0 Å². The van der Waals surface area contributed by atoms with Gasteiger partial charge in [-0.05, 0) is 72.2 Å². The van der Waals surface area contributed by atoms with Crippen LogP contribution in [0.2, 0.25) is 0 Å². The van der Waals surface area contributed by atoms with Gasteiger partial charge < -0.3 is 39.4 Å². The molecule has 2 amide bonds. The Kier molecular flexibility index (Phi) is 14.9. The lowest BCUT2D eigenvalue weighted by Crippen LogP contribution is -2.49. The number of hydrogen-bond acceptors (Lipinski definition) is 8. The molecule has 0 bridgehead atoms. The van der Waals surface area contributed by atoms with Crippen LogP contribution in [-0.4, -0.2) is 94.3 Å². The quantitative estimate of drug-likeness (QED) is 0.137. The molecular weight excluding hydrogens is 893 g/mol. The highest BCUT2D eigenvalue weighted by Gasteiger charge is 2.42. The molecule has 16 heteroatoms. The summed E-state index contributed by atoms with van der Waals surface area (Å²) in [6.45, 7) is 4.59. The number of carbonyl (C=O) groups excluding carboxylic acids is 2. The van der Waals surface area contributed by atoms with Gasteiger partial charge in [-0.25, -0.2) is 0 Å². The topological polar surface area (TPSA) is 102 Å². The summed E-state index contributed by atoms with van der Waals surface area (Å²) in [6.07, 6.45) is 3.37. The van der Waals surface area contributed by atoms with E-state index in [2.05, 4.69) is 32.6 Å². The molecule has 0 spiro atoms. The summed E-state index contributed by atoms with van der Waals surface area (Å²) in [4.78, 5) is 32.7. The van der Waals surface area contributed by atoms with Gasteiger partial charge in [-0.3, -0.25) is 9.59 Å². The fourth-order valence-corrected chi connectivity index (χ4v) is 8.23. The number of halogens is 6. The Bertz CT molecular complexity index is 1970. The molecule has 2 aliphatic heterocycles. The smallest absolute Gasteiger partial charge is 0.252 e. The van der Waals surface area contributed by atoms with E-state index in [0.717, 1.165) is 33.7 Å². The van der Waals surface area contributed by atoms with Crippen molar-refractivity contribution >= 4 is 93.6 Å².